The second-order valence-electron chi connectivity index (χ2n) is 31.5. The monoisotopic (exact) mass is 2280 g/mol. The zero-order valence-corrected chi connectivity index (χ0v) is 77.9. The molecule has 26 rings (SSSR count). The topological polar surface area (TPSA) is 196 Å². The predicted octanol–water partition coefficient (Wildman–Crippen LogP) is 27.1. The Morgan fingerprint density at radius 2 is 0.600 bits per heavy atom. The van der Waals surface area contributed by atoms with Gasteiger partial charge >= 0.3 is 63.2 Å². The van der Waals surface area contributed by atoms with Gasteiger partial charge in [0, 0.05) is 82.4 Å². The smallest absolute Gasteiger partial charge is 0.481 e. The quantitative estimate of drug-likeness (QED) is 0.0932. The van der Waals surface area contributed by atoms with Crippen molar-refractivity contribution in [1.82, 2.24) is 68.5 Å². The molecule has 12 aromatic carbocycles. The molecule has 0 amide bonds. The third-order valence-corrected chi connectivity index (χ3v) is 23.5. The van der Waals surface area contributed by atoms with Crippen molar-refractivity contribution in [2.45, 2.75) is 0 Å². The number of pyridine rings is 8. The molecule has 0 radical (unpaired) electrons. The van der Waals surface area contributed by atoms with E-state index in [4.69, 9.17) is 43.2 Å². The standard InChI is InChI=1S/2C40H23N5O.C35H20N4O.3Pt/c1-2-16-39-36(15-1)44-40(46-39)32-25-38-31(24-29(32)35-14-5-8-21-43-35)30-23-27(34-13-4-7-20-42-34)17-18-37(30)45(38)28-11-9-10-26(22-28)33-12-3-6-19-41-33;1-2-13-39-35(12-1)44-40(46-39)28-15-17-29-31-23-26(32-9-3-6-20-41-32)16-19-36(31)45(37(29)25-28)38-24-27(33-10-4-7-21-42-33)14-18-30(38)34-11-5-8-22-43-34;1-3-16-32-26(11-1)27-19-18-24(35-38-31-13-2-4-17-34(31)40-35)22-33(27)39(32)25-10-7-9-23(21-25)28-14-8-15-30(37-28)29-12-5-6-20-36-29;;;/h1-21,23-24H;1-23H;1-20H;;;/q3*-2;3*+2. The Hall–Kier alpha value is -16.3. The summed E-state index contributed by atoms with van der Waals surface area (Å²) in [6, 6.07) is 141. The molecule has 0 spiro atoms. The summed E-state index contributed by atoms with van der Waals surface area (Å²) in [7, 11) is 0. The number of rotatable bonds is 14. The Morgan fingerprint density at radius 1 is 0.215 bits per heavy atom. The summed E-state index contributed by atoms with van der Waals surface area (Å²) in [5.41, 5.74) is 29.6. The Bertz CT molecular complexity index is 8770. The first kappa shape index (κ1) is 85.5. The van der Waals surface area contributed by atoms with Crippen molar-refractivity contribution in [2.75, 3.05) is 0 Å². The molecule has 14 aromatic heterocycles. The van der Waals surface area contributed by atoms with Crippen LogP contribution < -0.4 is 0 Å². The van der Waals surface area contributed by atoms with Gasteiger partial charge in [-0.1, -0.05) is 190 Å². The molecule has 14 heterocycles. The zero-order valence-electron chi connectivity index (χ0n) is 71.0. The predicted molar refractivity (Wildman–Crippen MR) is 520 cm³/mol. The number of aromatic nitrogens is 14. The number of oxazole rings is 3. The summed E-state index contributed by atoms with van der Waals surface area (Å²) in [5, 5.41) is 6.44. The molecule has 17 nitrogen and oxygen atoms in total. The van der Waals surface area contributed by atoms with Crippen LogP contribution >= 0.6 is 0 Å². The third kappa shape index (κ3) is 16.3. The number of para-hydroxylation sites is 7. The van der Waals surface area contributed by atoms with Crippen LogP contribution in [0.2, 0.25) is 0 Å². The van der Waals surface area contributed by atoms with Gasteiger partial charge in [0.05, 0.1) is 39.3 Å². The summed E-state index contributed by atoms with van der Waals surface area (Å²) in [4.78, 5) is 51.6. The Balaban J connectivity index is 0.000000120. The maximum Gasteiger partial charge on any atom is 2.00 e. The first-order valence-corrected chi connectivity index (χ1v) is 43.0. The molecule has 0 bridgehead atoms. The average Bonchev–Trinajstić information content (AvgIpc) is 1.58. The van der Waals surface area contributed by atoms with Gasteiger partial charge in [0.1, 0.15) is 34.4 Å². The van der Waals surface area contributed by atoms with Crippen molar-refractivity contribution in [1.29, 1.82) is 0 Å². The van der Waals surface area contributed by atoms with Crippen LogP contribution in [0, 0.1) is 36.4 Å². The fraction of sp³-hybridized carbons (Fsp3) is 0. The summed E-state index contributed by atoms with van der Waals surface area (Å²) >= 11 is 0. The molecule has 135 heavy (non-hydrogen) atoms. The third-order valence-electron chi connectivity index (χ3n) is 23.5. The minimum atomic E-state index is 0. The van der Waals surface area contributed by atoms with E-state index in [0.717, 1.165) is 223 Å². The fourth-order valence-electron chi connectivity index (χ4n) is 17.3. The molecule has 26 aromatic rings. The summed E-state index contributed by atoms with van der Waals surface area (Å²) in [5.74, 6) is 1.55. The van der Waals surface area contributed by atoms with E-state index in [2.05, 4.69) is 178 Å². The van der Waals surface area contributed by atoms with Crippen LogP contribution in [0.3, 0.4) is 0 Å². The molecular weight excluding hydrogens is 2210 g/mol. The van der Waals surface area contributed by atoms with Crippen LogP contribution in [-0.2, 0) is 63.2 Å². The van der Waals surface area contributed by atoms with Gasteiger partial charge in [-0.25, -0.2) is 0 Å². The van der Waals surface area contributed by atoms with Crippen molar-refractivity contribution in [3.63, 3.8) is 0 Å². The normalized spacial score (nSPS) is 11.2. The molecule has 20 heteroatoms. The largest absolute Gasteiger partial charge is 2.00 e. The van der Waals surface area contributed by atoms with Crippen LogP contribution in [0.25, 0.3) is 240 Å². The van der Waals surface area contributed by atoms with Crippen LogP contribution in [0.1, 0.15) is 0 Å². The van der Waals surface area contributed by atoms with E-state index < -0.39 is 0 Å². The van der Waals surface area contributed by atoms with Crippen LogP contribution in [0.5, 0.6) is 0 Å². The van der Waals surface area contributed by atoms with Crippen molar-refractivity contribution < 1.29 is 76.4 Å². The molecule has 0 atom stereocenters. The SMILES string of the molecule is [Pt+2].[Pt+2].[Pt+2].[c-]1c(-c2cccc(-c3ccccn3)n2)cccc1-n1c2[c-]c(-c3nc4ccccc4o3)ccc2c2ccccc21.[c-]1c(-c2ccccn2)ccc(-c2ccccn2)c1-n1c2[c-]c(-c3nc4ccccc4o3)ccc2c2cc(-c3ccccn3)ccc21.[c-]1c(-c2ccccn2)cccc1-n1c2[c-]c(-c3nc4ccccc4o3)c(-c3ccccn3)cc2c2cc(-c3ccccn3)ccc21. The van der Waals surface area contributed by atoms with Gasteiger partial charge in [-0.15, -0.1) is 132 Å². The van der Waals surface area contributed by atoms with E-state index in [9.17, 15) is 0 Å². The fourth-order valence-corrected chi connectivity index (χ4v) is 17.3. The molecule has 0 fully saturated rings. The van der Waals surface area contributed by atoms with Gasteiger partial charge in [0.25, 0.3) is 0 Å². The number of benzene rings is 12. The van der Waals surface area contributed by atoms with Gasteiger partial charge in [0.15, 0.2) is 0 Å². The Morgan fingerprint density at radius 3 is 1.13 bits per heavy atom. The van der Waals surface area contributed by atoms with Crippen molar-refractivity contribution in [3.05, 3.63) is 438 Å². The van der Waals surface area contributed by atoms with Gasteiger partial charge in [0.2, 0.25) is 0 Å². The first-order valence-electron chi connectivity index (χ1n) is 43.0. The van der Waals surface area contributed by atoms with Gasteiger partial charge in [-0.05, 0) is 200 Å². The summed E-state index contributed by atoms with van der Waals surface area (Å²) < 4.78 is 25.2. The zero-order chi connectivity index (χ0) is 87.4. The molecule has 0 aliphatic rings. The number of hydrogen-bond donors (Lipinski definition) is 0. The van der Waals surface area contributed by atoms with E-state index in [1.165, 1.54) is 0 Å². The van der Waals surface area contributed by atoms with E-state index in [1.54, 1.807) is 24.8 Å². The molecular formula is C115H66N14O3Pt3. The Labute approximate surface area is 816 Å². The van der Waals surface area contributed by atoms with Crippen LogP contribution in [0.15, 0.2) is 415 Å². The molecule has 0 N–H and O–H groups in total. The Kier molecular flexibility index (Phi) is 23.5. The minimum absolute atomic E-state index is 0. The molecule has 0 unspecified atom stereocenters. The number of hydrogen-bond acceptors (Lipinski definition) is 14. The summed E-state index contributed by atoms with van der Waals surface area (Å²) in [6.45, 7) is 0. The van der Waals surface area contributed by atoms with Crippen LogP contribution in [-0.4, -0.2) is 68.5 Å². The molecule has 0 saturated carbocycles. The molecule has 644 valence electrons. The molecule has 0 aliphatic heterocycles. The van der Waals surface area contributed by atoms with E-state index in [-0.39, 0.29) is 63.2 Å². The number of fused-ring (bicyclic) bond motifs is 12. The van der Waals surface area contributed by atoms with Crippen molar-refractivity contribution in [3.8, 4) is 142 Å². The minimum Gasteiger partial charge on any atom is -0.481 e. The van der Waals surface area contributed by atoms with E-state index in [0.29, 0.717) is 17.7 Å². The van der Waals surface area contributed by atoms with Gasteiger partial charge < -0.3 is 36.9 Å². The average molecular weight is 2280 g/mol. The maximum absolute atomic E-state index is 6.33. The van der Waals surface area contributed by atoms with E-state index in [1.807, 2.05) is 273 Å². The van der Waals surface area contributed by atoms with Crippen LogP contribution in [0.4, 0.5) is 0 Å². The second kappa shape index (κ2) is 37.2. The first-order chi connectivity index (χ1) is 65.4. The second-order valence-corrected chi connectivity index (χ2v) is 31.5. The number of nitrogens with zero attached hydrogens (tertiary/aromatic N) is 14. The van der Waals surface area contributed by atoms with Crippen molar-refractivity contribution >= 4 is 98.7 Å². The van der Waals surface area contributed by atoms with E-state index >= 15 is 0 Å². The molecule has 0 saturated heterocycles. The van der Waals surface area contributed by atoms with Crippen molar-refractivity contribution in [2.24, 2.45) is 0 Å². The summed E-state index contributed by atoms with van der Waals surface area (Å²) in [6.07, 6.45) is 12.6. The molecule has 0 aliphatic carbocycles. The maximum atomic E-state index is 6.33. The van der Waals surface area contributed by atoms with Gasteiger partial charge in [-0.2, -0.15) is 0 Å². The van der Waals surface area contributed by atoms with Gasteiger partial charge in [-0.3, -0.25) is 44.9 Å².